The number of anilines is 1. The van der Waals surface area contributed by atoms with Gasteiger partial charge in [-0.05, 0) is 18.2 Å². The number of pyridine rings is 1. The van der Waals surface area contributed by atoms with E-state index in [-0.39, 0.29) is 17.0 Å². The minimum Gasteiger partial charge on any atom is -0.494 e. The van der Waals surface area contributed by atoms with E-state index in [0.717, 1.165) is 6.07 Å². The van der Waals surface area contributed by atoms with Crippen LogP contribution in [0.4, 0.5) is 14.5 Å². The maximum absolute atomic E-state index is 13.7. The van der Waals surface area contributed by atoms with E-state index in [1.807, 2.05) is 0 Å². The van der Waals surface area contributed by atoms with Crippen LogP contribution in [0.25, 0.3) is 10.9 Å². The number of hydrogen-bond acceptors (Lipinski definition) is 3. The fourth-order valence-electron chi connectivity index (χ4n) is 2.29. The molecule has 1 aromatic heterocycles. The van der Waals surface area contributed by atoms with Gasteiger partial charge in [-0.15, -0.1) is 0 Å². The van der Waals surface area contributed by atoms with Crippen LogP contribution >= 0.6 is 0 Å². The van der Waals surface area contributed by atoms with Crippen LogP contribution in [0.15, 0.2) is 48.7 Å². The van der Waals surface area contributed by atoms with Gasteiger partial charge in [-0.25, -0.2) is 8.78 Å². The number of halogens is 2. The van der Waals surface area contributed by atoms with Crippen molar-refractivity contribution < 1.29 is 18.3 Å². The Hall–Kier alpha value is -3.02. The second kappa shape index (κ2) is 6.00. The largest absolute Gasteiger partial charge is 0.494 e. The van der Waals surface area contributed by atoms with Gasteiger partial charge < -0.3 is 10.1 Å². The highest BCUT2D eigenvalue weighted by molar-refractivity contribution is 6.14. The van der Waals surface area contributed by atoms with Crippen molar-refractivity contribution in [3.8, 4) is 5.75 Å². The van der Waals surface area contributed by atoms with Gasteiger partial charge in [0, 0.05) is 11.5 Å². The number of ether oxygens (including phenoxy) is 1. The van der Waals surface area contributed by atoms with E-state index in [1.165, 1.54) is 19.4 Å². The summed E-state index contributed by atoms with van der Waals surface area (Å²) in [5, 5.41) is 3.01. The van der Waals surface area contributed by atoms with E-state index in [4.69, 9.17) is 4.74 Å². The second-order valence-corrected chi connectivity index (χ2v) is 4.80. The Morgan fingerprint density at radius 2 is 1.96 bits per heavy atom. The van der Waals surface area contributed by atoms with Crippen LogP contribution in [-0.4, -0.2) is 18.0 Å². The second-order valence-electron chi connectivity index (χ2n) is 4.80. The average Bonchev–Trinajstić information content (AvgIpc) is 2.56. The summed E-state index contributed by atoms with van der Waals surface area (Å²) < 4.78 is 31.9. The minimum absolute atomic E-state index is 0.112. The van der Waals surface area contributed by atoms with Crippen molar-refractivity contribution in [3.05, 3.63) is 65.9 Å². The Balaban J connectivity index is 2.06. The maximum atomic E-state index is 13.7. The number of amides is 1. The zero-order valence-electron chi connectivity index (χ0n) is 12.1. The van der Waals surface area contributed by atoms with E-state index in [2.05, 4.69) is 10.3 Å². The van der Waals surface area contributed by atoms with Crippen molar-refractivity contribution in [1.82, 2.24) is 4.98 Å². The average molecular weight is 314 g/mol. The highest BCUT2D eigenvalue weighted by Crippen LogP contribution is 2.27. The van der Waals surface area contributed by atoms with Crippen LogP contribution in [0.2, 0.25) is 0 Å². The molecule has 6 heteroatoms. The molecule has 0 fully saturated rings. The molecule has 1 N–H and O–H groups in total. The van der Waals surface area contributed by atoms with E-state index in [0.29, 0.717) is 17.0 Å². The molecule has 1 amide bonds. The van der Waals surface area contributed by atoms with E-state index < -0.39 is 17.5 Å². The highest BCUT2D eigenvalue weighted by atomic mass is 19.1. The summed E-state index contributed by atoms with van der Waals surface area (Å²) >= 11 is 0. The Bertz CT molecular complexity index is 897. The molecular weight excluding hydrogens is 302 g/mol. The molecule has 0 saturated heterocycles. The van der Waals surface area contributed by atoms with Crippen LogP contribution in [0.1, 0.15) is 10.4 Å². The summed E-state index contributed by atoms with van der Waals surface area (Å²) in [5.41, 5.74) is 0.735. The number of rotatable bonds is 3. The zero-order valence-corrected chi connectivity index (χ0v) is 12.1. The van der Waals surface area contributed by atoms with Crippen LogP contribution < -0.4 is 10.1 Å². The molecule has 0 radical (unpaired) electrons. The summed E-state index contributed by atoms with van der Waals surface area (Å²) in [6, 6.07) is 9.98. The number of para-hydroxylation sites is 1. The summed E-state index contributed by atoms with van der Waals surface area (Å²) in [4.78, 5) is 16.8. The van der Waals surface area contributed by atoms with E-state index in [1.54, 1.807) is 24.3 Å². The third kappa shape index (κ3) is 2.83. The predicted octanol–water partition coefficient (Wildman–Crippen LogP) is 3.77. The third-order valence-electron chi connectivity index (χ3n) is 3.37. The fourth-order valence-corrected chi connectivity index (χ4v) is 2.29. The molecule has 0 aliphatic rings. The number of aromatic nitrogens is 1. The number of nitrogens with one attached hydrogen (secondary N) is 1. The van der Waals surface area contributed by atoms with Crippen molar-refractivity contribution in [2.45, 2.75) is 0 Å². The van der Waals surface area contributed by atoms with Gasteiger partial charge in [0.05, 0.1) is 30.1 Å². The molecule has 0 unspecified atom stereocenters. The smallest absolute Gasteiger partial charge is 0.260 e. The lowest BCUT2D eigenvalue weighted by molar-refractivity contribution is 0.102. The number of carbonyl (C=O) groups is 1. The molecule has 1 heterocycles. The molecule has 0 aliphatic heterocycles. The molecule has 23 heavy (non-hydrogen) atoms. The van der Waals surface area contributed by atoms with Gasteiger partial charge in [-0.2, -0.15) is 0 Å². The molecule has 3 rings (SSSR count). The monoisotopic (exact) mass is 314 g/mol. The lowest BCUT2D eigenvalue weighted by Gasteiger charge is -2.12. The van der Waals surface area contributed by atoms with Gasteiger partial charge in [0.25, 0.3) is 5.91 Å². The van der Waals surface area contributed by atoms with Crippen molar-refractivity contribution in [1.29, 1.82) is 0 Å². The van der Waals surface area contributed by atoms with Crippen molar-refractivity contribution in [2.24, 2.45) is 0 Å². The quantitative estimate of drug-likeness (QED) is 0.800. The Morgan fingerprint density at radius 1 is 1.17 bits per heavy atom. The van der Waals surface area contributed by atoms with E-state index >= 15 is 0 Å². The molecule has 116 valence electrons. The van der Waals surface area contributed by atoms with Gasteiger partial charge in [0.2, 0.25) is 0 Å². The number of methoxy groups -OCH3 is 1. The molecule has 3 aromatic rings. The summed E-state index contributed by atoms with van der Waals surface area (Å²) in [6.07, 6.45) is 1.43. The van der Waals surface area contributed by atoms with Crippen molar-refractivity contribution >= 4 is 22.5 Å². The number of nitrogens with zero attached hydrogens (tertiary/aromatic N) is 1. The molecule has 2 aromatic carbocycles. The van der Waals surface area contributed by atoms with Crippen LogP contribution in [0.5, 0.6) is 5.75 Å². The van der Waals surface area contributed by atoms with Gasteiger partial charge in [0.1, 0.15) is 11.6 Å². The normalized spacial score (nSPS) is 10.6. The summed E-state index contributed by atoms with van der Waals surface area (Å²) in [6.45, 7) is 0. The first-order chi connectivity index (χ1) is 11.1. The SMILES string of the molecule is COc1cnc2ccccc2c1C(=O)Nc1ccc(F)cc1F. The lowest BCUT2D eigenvalue weighted by atomic mass is 10.1. The van der Waals surface area contributed by atoms with E-state index in [9.17, 15) is 13.6 Å². The van der Waals surface area contributed by atoms with Crippen LogP contribution in [0, 0.1) is 11.6 Å². The van der Waals surface area contributed by atoms with Crippen LogP contribution in [0.3, 0.4) is 0 Å². The van der Waals surface area contributed by atoms with Gasteiger partial charge >= 0.3 is 0 Å². The first-order valence-corrected chi connectivity index (χ1v) is 6.78. The Morgan fingerprint density at radius 3 is 2.70 bits per heavy atom. The number of hydrogen-bond donors (Lipinski definition) is 1. The first-order valence-electron chi connectivity index (χ1n) is 6.78. The van der Waals surface area contributed by atoms with Crippen molar-refractivity contribution in [2.75, 3.05) is 12.4 Å². The van der Waals surface area contributed by atoms with Gasteiger partial charge in [-0.3, -0.25) is 9.78 Å². The fraction of sp³-hybridized carbons (Fsp3) is 0.0588. The molecule has 0 saturated carbocycles. The molecule has 0 aliphatic carbocycles. The molecule has 0 atom stereocenters. The molecule has 0 spiro atoms. The summed E-state index contributed by atoms with van der Waals surface area (Å²) in [7, 11) is 1.42. The Kier molecular flexibility index (Phi) is 3.89. The number of benzene rings is 2. The standard InChI is InChI=1S/C17H12F2N2O2/c1-23-15-9-20-13-5-3-2-4-11(13)16(15)17(22)21-14-7-6-10(18)8-12(14)19/h2-9H,1H3,(H,21,22). The molecular formula is C17H12F2N2O2. The maximum Gasteiger partial charge on any atom is 0.260 e. The molecule has 0 bridgehead atoms. The summed E-state index contributed by atoms with van der Waals surface area (Å²) in [5.74, 6) is -1.86. The number of fused-ring (bicyclic) bond motifs is 1. The minimum atomic E-state index is -0.851. The molecule has 4 nitrogen and oxygen atoms in total. The van der Waals surface area contributed by atoms with Gasteiger partial charge in [-0.1, -0.05) is 18.2 Å². The lowest BCUT2D eigenvalue weighted by Crippen LogP contribution is -2.15. The van der Waals surface area contributed by atoms with Crippen molar-refractivity contribution in [3.63, 3.8) is 0 Å². The number of carbonyl (C=O) groups excluding carboxylic acids is 1. The first kappa shape index (κ1) is 14.9. The Labute approximate surface area is 130 Å². The highest BCUT2D eigenvalue weighted by Gasteiger charge is 2.18. The third-order valence-corrected chi connectivity index (χ3v) is 3.37. The van der Waals surface area contributed by atoms with Gasteiger partial charge in [0.15, 0.2) is 5.75 Å². The topological polar surface area (TPSA) is 51.2 Å². The van der Waals surface area contributed by atoms with Crippen LogP contribution in [-0.2, 0) is 0 Å². The predicted molar refractivity (Wildman–Crippen MR) is 82.6 cm³/mol. The zero-order chi connectivity index (χ0) is 16.4.